The van der Waals surface area contributed by atoms with Crippen molar-refractivity contribution in [2.45, 2.75) is 9.79 Å². The molecule has 8 heteroatoms. The van der Waals surface area contributed by atoms with Crippen molar-refractivity contribution < 1.29 is 20.5 Å². The quantitative estimate of drug-likeness (QED) is 0.714. The van der Waals surface area contributed by atoms with Crippen LogP contribution in [0.1, 0.15) is 0 Å². The number of benzene rings is 3. The molecular weight excluding hydrogens is 350 g/mol. The van der Waals surface area contributed by atoms with Crippen LogP contribution in [-0.4, -0.2) is 16.8 Å². The standard InChI is InChI=1S/C16H13NO5S2/c17-13-8-10-14(11-9-13)23(18,19)22-24(20,21)16-7-3-5-12-4-1-2-6-15(12)16/h1-11H,17H2. The summed E-state index contributed by atoms with van der Waals surface area (Å²) in [7, 11) is -9.02. The van der Waals surface area contributed by atoms with E-state index >= 15 is 0 Å². The highest BCUT2D eigenvalue weighted by Gasteiger charge is 2.28. The summed E-state index contributed by atoms with van der Waals surface area (Å²) < 4.78 is 54.0. The smallest absolute Gasteiger partial charge is 0.312 e. The van der Waals surface area contributed by atoms with Gasteiger partial charge < -0.3 is 5.73 Å². The zero-order valence-electron chi connectivity index (χ0n) is 12.3. The molecule has 0 radical (unpaired) electrons. The second kappa shape index (κ2) is 5.90. The molecule has 0 amide bonds. The van der Waals surface area contributed by atoms with E-state index in [2.05, 4.69) is 3.63 Å². The van der Waals surface area contributed by atoms with Gasteiger partial charge in [0.05, 0.1) is 4.90 Å². The van der Waals surface area contributed by atoms with E-state index in [9.17, 15) is 16.8 Å². The molecule has 3 rings (SSSR count). The van der Waals surface area contributed by atoms with Crippen molar-refractivity contribution in [3.05, 3.63) is 66.7 Å². The summed E-state index contributed by atoms with van der Waals surface area (Å²) in [6, 6.07) is 16.3. The van der Waals surface area contributed by atoms with E-state index in [0.29, 0.717) is 16.5 Å². The minimum absolute atomic E-state index is 0.209. The highest BCUT2D eigenvalue weighted by molar-refractivity contribution is 8.00. The van der Waals surface area contributed by atoms with Gasteiger partial charge in [0.25, 0.3) is 0 Å². The lowest BCUT2D eigenvalue weighted by atomic mass is 10.1. The Balaban J connectivity index is 2.06. The van der Waals surface area contributed by atoms with Gasteiger partial charge in [0.15, 0.2) is 0 Å². The van der Waals surface area contributed by atoms with Crippen LogP contribution in [0.2, 0.25) is 0 Å². The molecule has 0 saturated carbocycles. The van der Waals surface area contributed by atoms with Crippen molar-refractivity contribution in [1.29, 1.82) is 0 Å². The Hall–Kier alpha value is -2.42. The second-order valence-electron chi connectivity index (χ2n) is 5.02. The number of nitrogen functional groups attached to an aromatic ring is 1. The molecule has 0 bridgehead atoms. The molecule has 6 nitrogen and oxygen atoms in total. The maximum absolute atomic E-state index is 12.5. The van der Waals surface area contributed by atoms with Crippen LogP contribution in [0.15, 0.2) is 76.5 Å². The Labute approximate surface area is 139 Å². The Bertz CT molecular complexity index is 1100. The molecule has 3 aromatic carbocycles. The monoisotopic (exact) mass is 363 g/mol. The van der Waals surface area contributed by atoms with Crippen molar-refractivity contribution >= 4 is 36.7 Å². The number of fused-ring (bicyclic) bond motifs is 1. The lowest BCUT2D eigenvalue weighted by Crippen LogP contribution is -2.14. The summed E-state index contributed by atoms with van der Waals surface area (Å²) in [6.07, 6.45) is 0. The molecule has 0 aromatic heterocycles. The predicted molar refractivity (Wildman–Crippen MR) is 90.3 cm³/mol. The second-order valence-corrected chi connectivity index (χ2v) is 8.29. The SMILES string of the molecule is Nc1ccc(S(=O)(=O)OS(=O)(=O)c2cccc3ccccc23)cc1. The first-order valence-corrected chi connectivity index (χ1v) is 9.66. The molecule has 0 spiro atoms. The summed E-state index contributed by atoms with van der Waals surface area (Å²) >= 11 is 0. The molecule has 0 aliphatic heterocycles. The number of rotatable bonds is 4. The number of hydrogen-bond donors (Lipinski definition) is 1. The summed E-state index contributed by atoms with van der Waals surface area (Å²) in [6.45, 7) is 0. The first-order valence-electron chi connectivity index (χ1n) is 6.84. The first kappa shape index (κ1) is 16.4. The number of anilines is 1. The van der Waals surface area contributed by atoms with E-state index in [4.69, 9.17) is 5.73 Å². The van der Waals surface area contributed by atoms with Gasteiger partial charge in [-0.05, 0) is 35.7 Å². The van der Waals surface area contributed by atoms with Crippen LogP contribution >= 0.6 is 0 Å². The predicted octanol–water partition coefficient (Wildman–Crippen LogP) is 2.52. The molecule has 0 aliphatic carbocycles. The van der Waals surface area contributed by atoms with Crippen LogP contribution in [0.3, 0.4) is 0 Å². The lowest BCUT2D eigenvalue weighted by Gasteiger charge is -2.09. The average molecular weight is 363 g/mol. The van der Waals surface area contributed by atoms with Gasteiger partial charge in [-0.2, -0.15) is 16.8 Å². The highest BCUT2D eigenvalue weighted by atomic mass is 32.3. The Morgan fingerprint density at radius 3 is 2.04 bits per heavy atom. The fraction of sp³-hybridized carbons (Fsp3) is 0. The fourth-order valence-corrected chi connectivity index (χ4v) is 4.96. The van der Waals surface area contributed by atoms with Crippen LogP contribution in [0.4, 0.5) is 5.69 Å². The summed E-state index contributed by atoms with van der Waals surface area (Å²) in [5.41, 5.74) is 5.85. The number of nitrogens with two attached hydrogens (primary N) is 1. The molecule has 0 atom stereocenters. The van der Waals surface area contributed by atoms with Crippen LogP contribution in [0, 0.1) is 0 Å². The van der Waals surface area contributed by atoms with E-state index in [1.54, 1.807) is 30.3 Å². The molecule has 124 valence electrons. The van der Waals surface area contributed by atoms with Gasteiger partial charge in [-0.15, -0.1) is 3.63 Å². The largest absolute Gasteiger partial charge is 0.399 e. The van der Waals surface area contributed by atoms with Crippen molar-refractivity contribution in [2.75, 3.05) is 5.73 Å². The Morgan fingerprint density at radius 2 is 1.33 bits per heavy atom. The molecule has 3 aromatic rings. The fourth-order valence-electron chi connectivity index (χ4n) is 2.24. The van der Waals surface area contributed by atoms with Gasteiger partial charge >= 0.3 is 20.2 Å². The van der Waals surface area contributed by atoms with Crippen LogP contribution in [0.5, 0.6) is 0 Å². The number of hydrogen-bond acceptors (Lipinski definition) is 6. The van der Waals surface area contributed by atoms with Crippen molar-refractivity contribution in [3.63, 3.8) is 0 Å². The molecule has 0 unspecified atom stereocenters. The molecule has 24 heavy (non-hydrogen) atoms. The van der Waals surface area contributed by atoms with E-state index in [-0.39, 0.29) is 9.79 Å². The van der Waals surface area contributed by atoms with E-state index in [0.717, 1.165) is 0 Å². The Kier molecular flexibility index (Phi) is 4.04. The third kappa shape index (κ3) is 3.12. The third-order valence-corrected chi connectivity index (χ3v) is 6.54. The van der Waals surface area contributed by atoms with Crippen molar-refractivity contribution in [2.24, 2.45) is 0 Å². The van der Waals surface area contributed by atoms with E-state index in [1.807, 2.05) is 0 Å². The van der Waals surface area contributed by atoms with Gasteiger partial charge in [0.2, 0.25) is 0 Å². The molecule has 0 aliphatic rings. The minimum Gasteiger partial charge on any atom is -0.399 e. The maximum atomic E-state index is 12.5. The van der Waals surface area contributed by atoms with E-state index in [1.165, 1.54) is 36.4 Å². The summed E-state index contributed by atoms with van der Waals surface area (Å²) in [5, 5.41) is 1.04. The summed E-state index contributed by atoms with van der Waals surface area (Å²) in [4.78, 5) is -0.500. The highest BCUT2D eigenvalue weighted by Crippen LogP contribution is 2.27. The van der Waals surface area contributed by atoms with Crippen molar-refractivity contribution in [3.8, 4) is 0 Å². The lowest BCUT2D eigenvalue weighted by molar-refractivity contribution is 0.462. The minimum atomic E-state index is -4.52. The van der Waals surface area contributed by atoms with E-state index < -0.39 is 20.2 Å². The molecule has 2 N–H and O–H groups in total. The van der Waals surface area contributed by atoms with Gasteiger partial charge in [0.1, 0.15) is 4.90 Å². The van der Waals surface area contributed by atoms with Gasteiger partial charge in [-0.1, -0.05) is 36.4 Å². The van der Waals surface area contributed by atoms with Gasteiger partial charge in [-0.3, -0.25) is 0 Å². The molecule has 0 fully saturated rings. The summed E-state index contributed by atoms with van der Waals surface area (Å²) in [5.74, 6) is 0. The zero-order chi connectivity index (χ0) is 17.4. The molecule has 0 heterocycles. The van der Waals surface area contributed by atoms with Gasteiger partial charge in [-0.25, -0.2) is 0 Å². The topological polar surface area (TPSA) is 104 Å². The molecule has 0 saturated heterocycles. The third-order valence-electron chi connectivity index (χ3n) is 3.37. The zero-order valence-corrected chi connectivity index (χ0v) is 13.9. The van der Waals surface area contributed by atoms with Gasteiger partial charge in [0, 0.05) is 11.1 Å². The normalized spacial score (nSPS) is 12.3. The van der Waals surface area contributed by atoms with Crippen LogP contribution < -0.4 is 5.73 Å². The van der Waals surface area contributed by atoms with Crippen LogP contribution in [-0.2, 0) is 23.9 Å². The van der Waals surface area contributed by atoms with Crippen LogP contribution in [0.25, 0.3) is 10.8 Å². The Morgan fingerprint density at radius 1 is 0.708 bits per heavy atom. The molecular formula is C16H13NO5S2. The maximum Gasteiger partial charge on any atom is 0.312 e. The first-order chi connectivity index (χ1) is 11.3. The average Bonchev–Trinajstić information content (AvgIpc) is 2.53. The van der Waals surface area contributed by atoms with Crippen molar-refractivity contribution in [1.82, 2.24) is 0 Å².